The van der Waals surface area contributed by atoms with E-state index in [9.17, 15) is 9.59 Å². The number of hydrogen-bond acceptors (Lipinski definition) is 3. The van der Waals surface area contributed by atoms with Gasteiger partial charge in [-0.2, -0.15) is 0 Å². The highest BCUT2D eigenvalue weighted by molar-refractivity contribution is 6.31. The van der Waals surface area contributed by atoms with E-state index in [1.807, 2.05) is 23.1 Å². The van der Waals surface area contributed by atoms with Crippen molar-refractivity contribution < 1.29 is 9.59 Å². The van der Waals surface area contributed by atoms with Crippen molar-refractivity contribution in [2.24, 2.45) is 5.92 Å². The van der Waals surface area contributed by atoms with Gasteiger partial charge in [-0.25, -0.2) is 4.79 Å². The standard InChI is InChI=1S/C20H29ClN4O2/c1-23(2)20(27)25-12-8-15(9-13-25)19(26)22-17-14-16(21)6-7-18(17)24-10-4-3-5-11-24/h6-7,14-15H,3-5,8-13H2,1-2H3,(H,22,26). The maximum Gasteiger partial charge on any atom is 0.319 e. The van der Waals surface area contributed by atoms with Crippen molar-refractivity contribution >= 4 is 34.9 Å². The molecule has 0 bridgehead atoms. The summed E-state index contributed by atoms with van der Waals surface area (Å²) in [5.74, 6) is -0.0584. The zero-order valence-electron chi connectivity index (χ0n) is 16.2. The molecule has 2 saturated heterocycles. The lowest BCUT2D eigenvalue weighted by atomic mass is 9.96. The molecule has 6 nitrogen and oxygen atoms in total. The van der Waals surface area contributed by atoms with Crippen molar-refractivity contribution in [3.63, 3.8) is 0 Å². The van der Waals surface area contributed by atoms with Gasteiger partial charge in [0.05, 0.1) is 11.4 Å². The van der Waals surface area contributed by atoms with E-state index in [0.717, 1.165) is 24.5 Å². The van der Waals surface area contributed by atoms with Gasteiger partial charge in [0.1, 0.15) is 0 Å². The van der Waals surface area contributed by atoms with Crippen molar-refractivity contribution in [1.82, 2.24) is 9.80 Å². The predicted molar refractivity (Wildman–Crippen MR) is 110 cm³/mol. The van der Waals surface area contributed by atoms with Gasteiger partial charge in [0.15, 0.2) is 0 Å². The molecule has 27 heavy (non-hydrogen) atoms. The Morgan fingerprint density at radius 1 is 1.07 bits per heavy atom. The van der Waals surface area contributed by atoms with Crippen LogP contribution >= 0.6 is 11.6 Å². The number of rotatable bonds is 3. The number of urea groups is 1. The molecule has 2 heterocycles. The smallest absolute Gasteiger partial charge is 0.319 e. The Balaban J connectivity index is 1.64. The van der Waals surface area contributed by atoms with Crippen molar-refractivity contribution in [2.75, 3.05) is 50.5 Å². The van der Waals surface area contributed by atoms with E-state index in [1.54, 1.807) is 19.0 Å². The third-order valence-corrected chi connectivity index (χ3v) is 5.67. The molecule has 0 atom stereocenters. The van der Waals surface area contributed by atoms with E-state index in [1.165, 1.54) is 19.3 Å². The molecule has 1 aromatic carbocycles. The van der Waals surface area contributed by atoms with Crippen LogP contribution in [-0.2, 0) is 4.79 Å². The number of carbonyl (C=O) groups is 2. The van der Waals surface area contributed by atoms with Crippen LogP contribution in [0.5, 0.6) is 0 Å². The fourth-order valence-corrected chi connectivity index (χ4v) is 4.04. The fraction of sp³-hybridized carbons (Fsp3) is 0.600. The number of nitrogens with one attached hydrogen (secondary N) is 1. The molecule has 0 aromatic heterocycles. The summed E-state index contributed by atoms with van der Waals surface area (Å²) in [4.78, 5) is 30.6. The van der Waals surface area contributed by atoms with Gasteiger partial charge < -0.3 is 20.0 Å². The third-order valence-electron chi connectivity index (χ3n) is 5.43. The first-order valence-corrected chi connectivity index (χ1v) is 10.1. The highest BCUT2D eigenvalue weighted by Gasteiger charge is 2.28. The SMILES string of the molecule is CN(C)C(=O)N1CCC(C(=O)Nc2cc(Cl)ccc2N2CCCCC2)CC1. The third kappa shape index (κ3) is 4.86. The van der Waals surface area contributed by atoms with E-state index >= 15 is 0 Å². The van der Waals surface area contributed by atoms with Crippen LogP contribution < -0.4 is 10.2 Å². The number of piperidine rings is 2. The summed E-state index contributed by atoms with van der Waals surface area (Å²) in [7, 11) is 3.50. The molecule has 0 saturated carbocycles. The summed E-state index contributed by atoms with van der Waals surface area (Å²) in [6.45, 7) is 3.25. The summed E-state index contributed by atoms with van der Waals surface area (Å²) >= 11 is 6.19. The van der Waals surface area contributed by atoms with Crippen LogP contribution in [0.15, 0.2) is 18.2 Å². The highest BCUT2D eigenvalue weighted by atomic mass is 35.5. The second kappa shape index (κ2) is 8.83. The van der Waals surface area contributed by atoms with Gasteiger partial charge >= 0.3 is 6.03 Å². The first kappa shape index (κ1) is 19.8. The van der Waals surface area contributed by atoms with Gasteiger partial charge in [-0.1, -0.05) is 11.6 Å². The minimum Gasteiger partial charge on any atom is -0.370 e. The number of benzene rings is 1. The summed E-state index contributed by atoms with van der Waals surface area (Å²) in [5, 5.41) is 3.73. The molecule has 3 amide bonds. The molecule has 0 spiro atoms. The average Bonchev–Trinajstić information content (AvgIpc) is 2.68. The first-order chi connectivity index (χ1) is 13.0. The van der Waals surface area contributed by atoms with Crippen LogP contribution in [0.1, 0.15) is 32.1 Å². The van der Waals surface area contributed by atoms with Crippen LogP contribution in [-0.4, -0.2) is 62.0 Å². The number of carbonyl (C=O) groups excluding carboxylic acids is 2. The molecule has 148 valence electrons. The minimum absolute atomic E-state index is 0.0103. The highest BCUT2D eigenvalue weighted by Crippen LogP contribution is 2.32. The van der Waals surface area contributed by atoms with Crippen LogP contribution in [0, 0.1) is 5.92 Å². The van der Waals surface area contributed by atoms with Crippen molar-refractivity contribution in [2.45, 2.75) is 32.1 Å². The molecular formula is C20H29ClN4O2. The molecule has 1 aromatic rings. The number of amides is 3. The molecular weight excluding hydrogens is 364 g/mol. The Morgan fingerprint density at radius 3 is 2.37 bits per heavy atom. The Morgan fingerprint density at radius 2 is 1.74 bits per heavy atom. The van der Waals surface area contributed by atoms with Gasteiger partial charge in [-0.15, -0.1) is 0 Å². The molecule has 1 N–H and O–H groups in total. The van der Waals surface area contributed by atoms with Crippen LogP contribution in [0.3, 0.4) is 0 Å². The molecule has 2 fully saturated rings. The van der Waals surface area contributed by atoms with Crippen molar-refractivity contribution in [3.8, 4) is 0 Å². The number of anilines is 2. The molecule has 0 radical (unpaired) electrons. The quantitative estimate of drug-likeness (QED) is 0.853. The predicted octanol–water partition coefficient (Wildman–Crippen LogP) is 3.66. The van der Waals surface area contributed by atoms with Gasteiger partial charge in [0.2, 0.25) is 5.91 Å². The average molecular weight is 393 g/mol. The monoisotopic (exact) mass is 392 g/mol. The lowest BCUT2D eigenvalue weighted by Gasteiger charge is -2.34. The van der Waals surface area contributed by atoms with E-state index in [4.69, 9.17) is 11.6 Å². The molecule has 2 aliphatic rings. The number of halogens is 1. The Hall–Kier alpha value is -1.95. The van der Waals surface area contributed by atoms with E-state index in [2.05, 4.69) is 10.2 Å². The maximum absolute atomic E-state index is 12.8. The zero-order chi connectivity index (χ0) is 19.4. The molecule has 2 aliphatic heterocycles. The Bertz CT molecular complexity index is 681. The Labute approximate surface area is 166 Å². The number of nitrogens with zero attached hydrogens (tertiary/aromatic N) is 3. The lowest BCUT2D eigenvalue weighted by molar-refractivity contribution is -0.121. The fourth-order valence-electron chi connectivity index (χ4n) is 3.87. The lowest BCUT2D eigenvalue weighted by Crippen LogP contribution is -2.45. The maximum atomic E-state index is 12.8. The van der Waals surface area contributed by atoms with Gasteiger partial charge in [0, 0.05) is 51.2 Å². The van der Waals surface area contributed by atoms with Crippen molar-refractivity contribution in [3.05, 3.63) is 23.2 Å². The van der Waals surface area contributed by atoms with Crippen LogP contribution in [0.25, 0.3) is 0 Å². The number of hydrogen-bond donors (Lipinski definition) is 1. The largest absolute Gasteiger partial charge is 0.370 e. The Kier molecular flexibility index (Phi) is 6.47. The molecule has 0 unspecified atom stereocenters. The van der Waals surface area contributed by atoms with Crippen molar-refractivity contribution in [1.29, 1.82) is 0 Å². The van der Waals surface area contributed by atoms with E-state index in [-0.39, 0.29) is 17.9 Å². The minimum atomic E-state index is -0.0793. The summed E-state index contributed by atoms with van der Waals surface area (Å²) in [6, 6.07) is 5.73. The normalized spacial score (nSPS) is 18.3. The first-order valence-electron chi connectivity index (χ1n) is 9.77. The topological polar surface area (TPSA) is 55.9 Å². The summed E-state index contributed by atoms with van der Waals surface area (Å²) in [5.41, 5.74) is 1.84. The summed E-state index contributed by atoms with van der Waals surface area (Å²) in [6.07, 6.45) is 4.98. The van der Waals surface area contributed by atoms with Crippen LogP contribution in [0.2, 0.25) is 5.02 Å². The van der Waals surface area contributed by atoms with E-state index in [0.29, 0.717) is 31.0 Å². The zero-order valence-corrected chi connectivity index (χ0v) is 17.0. The van der Waals surface area contributed by atoms with Gasteiger partial charge in [0.25, 0.3) is 0 Å². The molecule has 7 heteroatoms. The van der Waals surface area contributed by atoms with Gasteiger partial charge in [-0.05, 0) is 50.3 Å². The second-order valence-electron chi connectivity index (χ2n) is 7.64. The molecule has 0 aliphatic carbocycles. The molecule has 3 rings (SSSR count). The van der Waals surface area contributed by atoms with E-state index < -0.39 is 0 Å². The van der Waals surface area contributed by atoms with Crippen LogP contribution in [0.4, 0.5) is 16.2 Å². The van der Waals surface area contributed by atoms with Gasteiger partial charge in [-0.3, -0.25) is 4.79 Å². The second-order valence-corrected chi connectivity index (χ2v) is 8.07. The number of likely N-dealkylation sites (tertiary alicyclic amines) is 1. The summed E-state index contributed by atoms with van der Waals surface area (Å²) < 4.78 is 0.